The van der Waals surface area contributed by atoms with Gasteiger partial charge in [-0.15, -0.1) is 0 Å². The van der Waals surface area contributed by atoms with E-state index in [0.717, 1.165) is 37.7 Å². The summed E-state index contributed by atoms with van der Waals surface area (Å²) < 4.78 is 0. The summed E-state index contributed by atoms with van der Waals surface area (Å²) in [6.07, 6.45) is 5.69. The molecule has 5 rings (SSSR count). The second kappa shape index (κ2) is 9.55. The average molecular weight is 473 g/mol. The molecule has 0 aromatic heterocycles. The minimum Gasteiger partial charge on any atom is -0.423 e. The van der Waals surface area contributed by atoms with E-state index in [1.165, 1.54) is 11.1 Å². The van der Waals surface area contributed by atoms with Gasteiger partial charge in [-0.05, 0) is 77.9 Å². The number of nitrogens with zero attached hydrogens (tertiary/aromatic N) is 1. The Kier molecular flexibility index (Phi) is 6.62. The van der Waals surface area contributed by atoms with Crippen molar-refractivity contribution in [1.82, 2.24) is 4.90 Å². The second-order valence-corrected chi connectivity index (χ2v) is 11.3. The minimum absolute atomic E-state index is 0.145. The lowest BCUT2D eigenvalue weighted by Gasteiger charge is -2.50. The van der Waals surface area contributed by atoms with Crippen LogP contribution in [0.15, 0.2) is 48.5 Å². The Hall–Kier alpha value is -2.44. The van der Waals surface area contributed by atoms with Gasteiger partial charge in [-0.25, -0.2) is 0 Å². The molecule has 0 saturated heterocycles. The van der Waals surface area contributed by atoms with Crippen molar-refractivity contribution in [3.63, 3.8) is 0 Å². The van der Waals surface area contributed by atoms with Gasteiger partial charge in [-0.2, -0.15) is 0 Å². The molecule has 35 heavy (non-hydrogen) atoms. The van der Waals surface area contributed by atoms with E-state index in [0.29, 0.717) is 48.4 Å². The number of amides is 1. The number of hydrogen-bond donors (Lipinski definition) is 2. The fourth-order valence-electron chi connectivity index (χ4n) is 7.53. The largest absolute Gasteiger partial charge is 0.488 e. The van der Waals surface area contributed by atoms with Crippen LogP contribution in [0.2, 0.25) is 0 Å². The van der Waals surface area contributed by atoms with Gasteiger partial charge in [0, 0.05) is 31.8 Å². The third-order valence-corrected chi connectivity index (χ3v) is 9.31. The average Bonchev–Trinajstić information content (AvgIpc) is 3.12. The van der Waals surface area contributed by atoms with Crippen LogP contribution in [-0.4, -0.2) is 40.8 Å². The van der Waals surface area contributed by atoms with Gasteiger partial charge in [-0.1, -0.05) is 55.5 Å². The Bertz CT molecular complexity index is 1100. The summed E-state index contributed by atoms with van der Waals surface area (Å²) in [5.74, 6) is 1.96. The van der Waals surface area contributed by atoms with Crippen LogP contribution >= 0.6 is 0 Å². The number of rotatable bonds is 6. The number of carbonyl (C=O) groups excluding carboxylic acids is 2. The normalized spacial score (nSPS) is 29.2. The van der Waals surface area contributed by atoms with Crippen molar-refractivity contribution < 1.29 is 19.6 Å². The molecule has 3 aliphatic rings. The lowest BCUT2D eigenvalue weighted by Crippen LogP contribution is -2.44. The summed E-state index contributed by atoms with van der Waals surface area (Å²) in [4.78, 5) is 28.0. The highest BCUT2D eigenvalue weighted by atomic mass is 16.4. The van der Waals surface area contributed by atoms with Crippen LogP contribution in [0.4, 0.5) is 0 Å². The molecule has 2 aromatic carbocycles. The fourth-order valence-corrected chi connectivity index (χ4v) is 7.53. The van der Waals surface area contributed by atoms with E-state index in [4.69, 9.17) is 0 Å². The predicted molar refractivity (Wildman–Crippen MR) is 137 cm³/mol. The van der Waals surface area contributed by atoms with Crippen molar-refractivity contribution in [2.45, 2.75) is 64.3 Å². The van der Waals surface area contributed by atoms with E-state index in [1.807, 2.05) is 49.5 Å². The van der Waals surface area contributed by atoms with Crippen molar-refractivity contribution in [2.75, 3.05) is 7.05 Å². The summed E-state index contributed by atoms with van der Waals surface area (Å²) in [7, 11) is 0.424. The molecule has 0 aliphatic heterocycles. The summed E-state index contributed by atoms with van der Waals surface area (Å²) in [6.45, 7) is 2.79. The zero-order chi connectivity index (χ0) is 24.7. The molecular formula is C29H36BNO4. The first-order valence-electron chi connectivity index (χ1n) is 13.1. The zero-order valence-corrected chi connectivity index (χ0v) is 20.8. The molecular weight excluding hydrogens is 437 g/mol. The van der Waals surface area contributed by atoms with Crippen LogP contribution in [0.5, 0.6) is 0 Å². The van der Waals surface area contributed by atoms with Gasteiger partial charge in [0.2, 0.25) is 5.91 Å². The second-order valence-electron chi connectivity index (χ2n) is 11.3. The molecule has 2 fully saturated rings. The SMILES string of the molecule is CN(Cc1ccccc1)C(=O)CC[C@@H]1CC(=O)[C@@]2(C)CC[C@@H]3c4ccc(B(O)O)cc4CC[C@H]3[C@H]12. The minimum atomic E-state index is -1.44. The number of carbonyl (C=O) groups is 2. The maximum absolute atomic E-state index is 13.2. The molecule has 5 nitrogen and oxygen atoms in total. The fraction of sp³-hybridized carbons (Fsp3) is 0.517. The van der Waals surface area contributed by atoms with E-state index in [2.05, 4.69) is 13.0 Å². The van der Waals surface area contributed by atoms with Crippen LogP contribution < -0.4 is 5.46 Å². The number of fused-ring (bicyclic) bond motifs is 5. The molecule has 0 bridgehead atoms. The number of aryl methyl sites for hydroxylation is 1. The molecule has 184 valence electrons. The van der Waals surface area contributed by atoms with Gasteiger partial charge in [0.15, 0.2) is 0 Å². The molecule has 0 radical (unpaired) electrons. The van der Waals surface area contributed by atoms with E-state index < -0.39 is 7.12 Å². The molecule has 2 saturated carbocycles. The van der Waals surface area contributed by atoms with Gasteiger partial charge >= 0.3 is 7.12 Å². The quantitative estimate of drug-likeness (QED) is 0.631. The third kappa shape index (κ3) is 4.47. The smallest absolute Gasteiger partial charge is 0.423 e. The maximum Gasteiger partial charge on any atom is 0.488 e. The van der Waals surface area contributed by atoms with Gasteiger partial charge in [0.25, 0.3) is 0 Å². The molecule has 1 amide bonds. The Balaban J connectivity index is 1.31. The maximum atomic E-state index is 13.2. The topological polar surface area (TPSA) is 77.8 Å². The highest BCUT2D eigenvalue weighted by Gasteiger charge is 2.58. The first-order chi connectivity index (χ1) is 16.8. The van der Waals surface area contributed by atoms with Crippen molar-refractivity contribution in [2.24, 2.45) is 23.2 Å². The summed E-state index contributed by atoms with van der Waals surface area (Å²) in [5.41, 5.74) is 3.95. The predicted octanol–water partition coefficient (Wildman–Crippen LogP) is 3.46. The van der Waals surface area contributed by atoms with Gasteiger partial charge in [0.05, 0.1) is 0 Å². The number of hydrogen-bond acceptors (Lipinski definition) is 4. The number of Topliss-reactive ketones (excluding diaryl/α,β-unsaturated/α-hetero) is 1. The Labute approximate surface area is 208 Å². The van der Waals surface area contributed by atoms with Crippen LogP contribution in [-0.2, 0) is 22.6 Å². The molecule has 6 heteroatoms. The Morgan fingerprint density at radius 2 is 1.91 bits per heavy atom. The number of ketones is 1. The summed E-state index contributed by atoms with van der Waals surface area (Å²) >= 11 is 0. The third-order valence-electron chi connectivity index (χ3n) is 9.31. The first-order valence-corrected chi connectivity index (χ1v) is 13.1. The van der Waals surface area contributed by atoms with Gasteiger partial charge in [-0.3, -0.25) is 9.59 Å². The highest BCUT2D eigenvalue weighted by molar-refractivity contribution is 6.58. The summed E-state index contributed by atoms with van der Waals surface area (Å²) in [6, 6.07) is 15.9. The van der Waals surface area contributed by atoms with Crippen molar-refractivity contribution in [3.8, 4) is 0 Å². The number of benzene rings is 2. The van der Waals surface area contributed by atoms with E-state index >= 15 is 0 Å². The zero-order valence-electron chi connectivity index (χ0n) is 20.8. The van der Waals surface area contributed by atoms with Crippen molar-refractivity contribution in [1.29, 1.82) is 0 Å². The Morgan fingerprint density at radius 1 is 1.14 bits per heavy atom. The van der Waals surface area contributed by atoms with Crippen molar-refractivity contribution >= 4 is 24.3 Å². The van der Waals surface area contributed by atoms with Gasteiger partial charge < -0.3 is 14.9 Å². The van der Waals surface area contributed by atoms with Crippen LogP contribution in [0.25, 0.3) is 0 Å². The van der Waals surface area contributed by atoms with E-state index in [-0.39, 0.29) is 17.2 Å². The Morgan fingerprint density at radius 3 is 2.66 bits per heavy atom. The molecule has 0 heterocycles. The lowest BCUT2D eigenvalue weighted by atomic mass is 9.53. The molecule has 5 atom stereocenters. The lowest BCUT2D eigenvalue weighted by molar-refractivity contribution is -0.131. The van der Waals surface area contributed by atoms with E-state index in [9.17, 15) is 19.6 Å². The first kappa shape index (κ1) is 24.3. The molecule has 0 unspecified atom stereocenters. The molecule has 2 aromatic rings. The molecule has 3 aliphatic carbocycles. The van der Waals surface area contributed by atoms with E-state index in [1.54, 1.807) is 4.90 Å². The van der Waals surface area contributed by atoms with Crippen LogP contribution in [0, 0.1) is 23.2 Å². The molecule has 2 N–H and O–H groups in total. The van der Waals surface area contributed by atoms with Crippen LogP contribution in [0.3, 0.4) is 0 Å². The molecule has 0 spiro atoms. The standard InChI is InChI=1S/C29H36BNO4/c1-29-15-14-24-23-12-10-22(30(34)35)16-20(23)8-11-25(24)28(29)21(17-26(29)32)9-13-27(33)31(2)18-19-6-4-3-5-7-19/h3-7,10,12,16,21,24-25,28,34-35H,8-9,11,13-15,17-18H2,1-2H3/t21-,24-,25-,28+,29-/m1/s1. The van der Waals surface area contributed by atoms with Crippen molar-refractivity contribution in [3.05, 3.63) is 65.2 Å². The van der Waals surface area contributed by atoms with Crippen LogP contribution in [0.1, 0.15) is 68.1 Å². The van der Waals surface area contributed by atoms with Gasteiger partial charge in [0.1, 0.15) is 5.78 Å². The monoisotopic (exact) mass is 473 g/mol. The summed E-state index contributed by atoms with van der Waals surface area (Å²) in [5, 5.41) is 19.2. The highest BCUT2D eigenvalue weighted by Crippen LogP contribution is 2.62.